The Morgan fingerprint density at radius 1 is 1.31 bits per heavy atom. The molecule has 68 valence electrons. The van der Waals surface area contributed by atoms with Crippen LogP contribution in [0.1, 0.15) is 5.69 Å². The lowest BCUT2D eigenvalue weighted by atomic mass is 10.5. The van der Waals surface area contributed by atoms with Crippen molar-refractivity contribution in [2.24, 2.45) is 0 Å². The van der Waals surface area contributed by atoms with Crippen LogP contribution in [0.2, 0.25) is 0 Å². The second kappa shape index (κ2) is 2.81. The van der Waals surface area contributed by atoms with E-state index in [2.05, 4.69) is 25.5 Å². The highest BCUT2D eigenvalue weighted by Gasteiger charge is 2.00. The van der Waals surface area contributed by atoms with Gasteiger partial charge in [0.1, 0.15) is 5.82 Å². The zero-order chi connectivity index (χ0) is 9.26. The number of aromatic nitrogens is 4. The third-order valence-electron chi connectivity index (χ3n) is 1.59. The molecule has 0 aliphatic rings. The molecule has 5 N–H and O–H groups in total. The van der Waals surface area contributed by atoms with Crippen LogP contribution in [0.5, 0.6) is 0 Å². The maximum absolute atomic E-state index is 5.36. The van der Waals surface area contributed by atoms with Gasteiger partial charge in [-0.15, -0.1) is 10.2 Å². The minimum absolute atomic E-state index is 0.297. The van der Waals surface area contributed by atoms with Gasteiger partial charge in [-0.2, -0.15) is 0 Å². The fourth-order valence-corrected chi connectivity index (χ4v) is 1.04. The molecule has 2 rings (SSSR count). The molecule has 2 aromatic rings. The molecule has 0 aromatic carbocycles. The van der Waals surface area contributed by atoms with Crippen molar-refractivity contribution >= 4 is 17.7 Å². The molecule has 0 aliphatic heterocycles. The highest BCUT2D eigenvalue weighted by atomic mass is 15.3. The normalized spacial score (nSPS) is 10.2. The van der Waals surface area contributed by atoms with Crippen LogP contribution in [-0.2, 0) is 0 Å². The number of H-pyrrole nitrogens is 2. The average Bonchev–Trinajstić information content (AvgIpc) is 2.62. The molecule has 13 heavy (non-hydrogen) atoms. The predicted molar refractivity (Wildman–Crippen MR) is 49.6 cm³/mol. The molecule has 0 radical (unpaired) electrons. The summed E-state index contributed by atoms with van der Waals surface area (Å²) in [6.45, 7) is 1.97. The SMILES string of the molecule is Cc1ccc(Nc2nnc(N)[nH]2)[nH]1. The Hall–Kier alpha value is -1.98. The molecule has 0 bridgehead atoms. The van der Waals surface area contributed by atoms with Crippen molar-refractivity contribution in [3.63, 3.8) is 0 Å². The van der Waals surface area contributed by atoms with Crippen LogP contribution in [-0.4, -0.2) is 20.2 Å². The largest absolute Gasteiger partial charge is 0.368 e. The number of nitrogens with two attached hydrogens (primary N) is 1. The molecule has 0 atom stereocenters. The smallest absolute Gasteiger partial charge is 0.228 e. The molecule has 0 amide bonds. The van der Waals surface area contributed by atoms with Gasteiger partial charge in [0.05, 0.1) is 0 Å². The topological polar surface area (TPSA) is 95.4 Å². The Balaban J connectivity index is 2.14. The third-order valence-corrected chi connectivity index (χ3v) is 1.59. The van der Waals surface area contributed by atoms with Crippen molar-refractivity contribution in [2.45, 2.75) is 6.92 Å². The summed E-state index contributed by atoms with van der Waals surface area (Å²) in [7, 11) is 0. The summed E-state index contributed by atoms with van der Waals surface area (Å²) < 4.78 is 0. The van der Waals surface area contributed by atoms with E-state index in [0.717, 1.165) is 11.5 Å². The number of hydrogen-bond acceptors (Lipinski definition) is 4. The molecule has 2 heterocycles. The van der Waals surface area contributed by atoms with E-state index < -0.39 is 0 Å². The van der Waals surface area contributed by atoms with Crippen LogP contribution in [0.4, 0.5) is 17.7 Å². The first-order valence-corrected chi connectivity index (χ1v) is 3.85. The molecule has 6 nitrogen and oxygen atoms in total. The van der Waals surface area contributed by atoms with Crippen LogP contribution in [0.3, 0.4) is 0 Å². The maximum atomic E-state index is 5.36. The third kappa shape index (κ3) is 1.61. The second-order valence-electron chi connectivity index (χ2n) is 2.74. The maximum Gasteiger partial charge on any atom is 0.228 e. The number of nitrogen functional groups attached to an aromatic ring is 1. The number of nitrogens with zero attached hydrogens (tertiary/aromatic N) is 2. The van der Waals surface area contributed by atoms with Gasteiger partial charge in [-0.05, 0) is 19.1 Å². The van der Waals surface area contributed by atoms with E-state index in [1.54, 1.807) is 0 Å². The van der Waals surface area contributed by atoms with Gasteiger partial charge in [-0.3, -0.25) is 4.98 Å². The van der Waals surface area contributed by atoms with Gasteiger partial charge in [0.15, 0.2) is 0 Å². The van der Waals surface area contributed by atoms with Crippen LogP contribution in [0, 0.1) is 6.92 Å². The molecular weight excluding hydrogens is 168 g/mol. The Kier molecular flexibility index (Phi) is 1.66. The van der Waals surface area contributed by atoms with Crippen LogP contribution >= 0.6 is 0 Å². The summed E-state index contributed by atoms with van der Waals surface area (Å²) >= 11 is 0. The van der Waals surface area contributed by atoms with E-state index in [9.17, 15) is 0 Å². The van der Waals surface area contributed by atoms with Crippen LogP contribution in [0.25, 0.3) is 0 Å². The number of aromatic amines is 2. The van der Waals surface area contributed by atoms with Crippen molar-refractivity contribution < 1.29 is 0 Å². The highest BCUT2D eigenvalue weighted by molar-refractivity contribution is 5.49. The van der Waals surface area contributed by atoms with E-state index in [0.29, 0.717) is 11.9 Å². The molecule has 0 unspecified atom stereocenters. The van der Waals surface area contributed by atoms with Crippen LogP contribution in [0.15, 0.2) is 12.1 Å². The first-order valence-electron chi connectivity index (χ1n) is 3.85. The summed E-state index contributed by atoms with van der Waals surface area (Å²) in [5, 5.41) is 10.4. The molecule has 0 saturated carbocycles. The van der Waals surface area contributed by atoms with Gasteiger partial charge in [-0.25, -0.2) is 0 Å². The number of hydrogen-bond donors (Lipinski definition) is 4. The monoisotopic (exact) mass is 178 g/mol. The van der Waals surface area contributed by atoms with E-state index >= 15 is 0 Å². The summed E-state index contributed by atoms with van der Waals surface area (Å²) in [6, 6.07) is 3.87. The van der Waals surface area contributed by atoms with E-state index in [4.69, 9.17) is 5.73 Å². The first kappa shape index (κ1) is 7.66. The lowest BCUT2D eigenvalue weighted by Crippen LogP contribution is -1.92. The molecule has 0 aliphatic carbocycles. The molecule has 0 fully saturated rings. The zero-order valence-electron chi connectivity index (χ0n) is 7.13. The highest BCUT2D eigenvalue weighted by Crippen LogP contribution is 2.11. The zero-order valence-corrected chi connectivity index (χ0v) is 7.13. The van der Waals surface area contributed by atoms with Gasteiger partial charge in [0, 0.05) is 5.69 Å². The average molecular weight is 178 g/mol. The summed E-state index contributed by atoms with van der Waals surface area (Å²) in [5.74, 6) is 1.68. The Labute approximate surface area is 74.6 Å². The van der Waals surface area contributed by atoms with Crippen molar-refractivity contribution in [3.8, 4) is 0 Å². The van der Waals surface area contributed by atoms with Crippen molar-refractivity contribution in [1.29, 1.82) is 0 Å². The van der Waals surface area contributed by atoms with E-state index in [1.165, 1.54) is 0 Å². The fourth-order valence-electron chi connectivity index (χ4n) is 1.04. The molecular formula is C7H10N6. The Morgan fingerprint density at radius 2 is 2.15 bits per heavy atom. The molecule has 2 aromatic heterocycles. The lowest BCUT2D eigenvalue weighted by Gasteiger charge is -1.96. The fraction of sp³-hybridized carbons (Fsp3) is 0.143. The van der Waals surface area contributed by atoms with Gasteiger partial charge in [-0.1, -0.05) is 0 Å². The van der Waals surface area contributed by atoms with Crippen molar-refractivity contribution in [1.82, 2.24) is 20.2 Å². The van der Waals surface area contributed by atoms with E-state index in [1.807, 2.05) is 19.1 Å². The summed E-state index contributed by atoms with van der Waals surface area (Å²) in [5.41, 5.74) is 6.44. The number of rotatable bonds is 2. The Bertz CT molecular complexity index is 362. The van der Waals surface area contributed by atoms with Gasteiger partial charge in [0.25, 0.3) is 0 Å². The number of aryl methyl sites for hydroxylation is 1. The minimum Gasteiger partial charge on any atom is -0.368 e. The number of nitrogens with one attached hydrogen (secondary N) is 3. The van der Waals surface area contributed by atoms with Crippen molar-refractivity contribution in [2.75, 3.05) is 11.1 Å². The van der Waals surface area contributed by atoms with Crippen molar-refractivity contribution in [3.05, 3.63) is 17.8 Å². The molecule has 0 saturated heterocycles. The predicted octanol–water partition coefficient (Wildman–Crippen LogP) is 0.767. The Morgan fingerprint density at radius 3 is 2.69 bits per heavy atom. The van der Waals surface area contributed by atoms with Gasteiger partial charge < -0.3 is 16.0 Å². The van der Waals surface area contributed by atoms with E-state index in [-0.39, 0.29) is 0 Å². The minimum atomic E-state index is 0.297. The summed E-state index contributed by atoms with van der Waals surface area (Å²) in [4.78, 5) is 5.85. The quantitative estimate of drug-likeness (QED) is 0.546. The van der Waals surface area contributed by atoms with Gasteiger partial charge >= 0.3 is 0 Å². The molecule has 0 spiro atoms. The molecule has 6 heteroatoms. The summed E-state index contributed by atoms with van der Waals surface area (Å²) in [6.07, 6.45) is 0. The number of anilines is 3. The van der Waals surface area contributed by atoms with Crippen LogP contribution < -0.4 is 11.1 Å². The first-order chi connectivity index (χ1) is 6.24. The standard InChI is InChI=1S/C7H10N6/c1-4-2-3-5(9-4)10-7-11-6(8)12-13-7/h2-3,9H,1H3,(H4,8,10,11,12,13). The van der Waals surface area contributed by atoms with Gasteiger partial charge in [0.2, 0.25) is 11.9 Å². The second-order valence-corrected chi connectivity index (χ2v) is 2.74. The lowest BCUT2D eigenvalue weighted by molar-refractivity contribution is 1.10.